The van der Waals surface area contributed by atoms with Gasteiger partial charge in [-0.25, -0.2) is 0 Å². The summed E-state index contributed by atoms with van der Waals surface area (Å²) in [7, 11) is 0. The number of fused-ring (bicyclic) bond motifs is 4. The van der Waals surface area contributed by atoms with Gasteiger partial charge in [0.25, 0.3) is 0 Å². The molecular formula is C28H29NOS. The van der Waals surface area contributed by atoms with Gasteiger partial charge in [0.1, 0.15) is 5.69 Å². The first kappa shape index (κ1) is 20.1. The fourth-order valence-corrected chi connectivity index (χ4v) is 5.57. The largest absolute Gasteiger partial charge is 0.442 e. The molecule has 158 valence electrons. The molecule has 0 amide bonds. The first-order valence-corrected chi connectivity index (χ1v) is 11.7. The molecule has 3 heteroatoms. The Morgan fingerprint density at radius 3 is 2.10 bits per heavy atom. The zero-order chi connectivity index (χ0) is 22.1. The van der Waals surface area contributed by atoms with Crippen molar-refractivity contribution in [2.75, 3.05) is 4.90 Å². The quantitative estimate of drug-likeness (QED) is 0.264. The SMILES string of the molecule is Cc1ccc2c(c1)Oc1sc3ccc(C)cc3c1N2c1c(C)cc(C(C)(C)C)cc1C. The van der Waals surface area contributed by atoms with E-state index in [9.17, 15) is 0 Å². The van der Waals surface area contributed by atoms with Crippen LogP contribution in [0.4, 0.5) is 17.1 Å². The number of hydrogen-bond acceptors (Lipinski definition) is 3. The van der Waals surface area contributed by atoms with Crippen LogP contribution in [0, 0.1) is 27.7 Å². The highest BCUT2D eigenvalue weighted by Gasteiger charge is 2.32. The Balaban J connectivity index is 1.84. The minimum Gasteiger partial charge on any atom is -0.442 e. The van der Waals surface area contributed by atoms with Crippen LogP contribution in [0.2, 0.25) is 0 Å². The number of aryl methyl sites for hydroxylation is 4. The van der Waals surface area contributed by atoms with Gasteiger partial charge in [-0.2, -0.15) is 0 Å². The molecule has 0 unspecified atom stereocenters. The highest BCUT2D eigenvalue weighted by atomic mass is 32.1. The first-order valence-electron chi connectivity index (χ1n) is 10.9. The number of anilines is 3. The molecule has 0 radical (unpaired) electrons. The van der Waals surface area contributed by atoms with Gasteiger partial charge in [0.15, 0.2) is 5.75 Å². The van der Waals surface area contributed by atoms with Gasteiger partial charge in [0.2, 0.25) is 5.06 Å². The molecule has 5 rings (SSSR count). The zero-order valence-electron chi connectivity index (χ0n) is 19.4. The lowest BCUT2D eigenvalue weighted by molar-refractivity contribution is 0.491. The van der Waals surface area contributed by atoms with Crippen molar-refractivity contribution in [3.63, 3.8) is 0 Å². The lowest BCUT2D eigenvalue weighted by atomic mass is 9.84. The first-order chi connectivity index (χ1) is 14.6. The fourth-order valence-electron chi connectivity index (χ4n) is 4.54. The van der Waals surface area contributed by atoms with E-state index in [0.717, 1.165) is 22.2 Å². The van der Waals surface area contributed by atoms with E-state index in [4.69, 9.17) is 4.74 Å². The van der Waals surface area contributed by atoms with Gasteiger partial charge in [-0.05, 0) is 79.6 Å². The molecule has 1 aliphatic heterocycles. The van der Waals surface area contributed by atoms with Gasteiger partial charge in [-0.15, -0.1) is 0 Å². The summed E-state index contributed by atoms with van der Waals surface area (Å²) in [4.78, 5) is 2.43. The van der Waals surface area contributed by atoms with Crippen molar-refractivity contribution in [3.8, 4) is 10.8 Å². The second kappa shape index (κ2) is 6.86. The second-order valence-electron chi connectivity index (χ2n) is 9.86. The molecular weight excluding hydrogens is 398 g/mol. The number of rotatable bonds is 1. The molecule has 31 heavy (non-hydrogen) atoms. The summed E-state index contributed by atoms with van der Waals surface area (Å²) in [6, 6.07) is 17.9. The van der Waals surface area contributed by atoms with Crippen molar-refractivity contribution in [2.24, 2.45) is 0 Å². The molecule has 4 aromatic rings. The van der Waals surface area contributed by atoms with Gasteiger partial charge in [0.05, 0.1) is 11.4 Å². The predicted molar refractivity (Wildman–Crippen MR) is 134 cm³/mol. The number of ether oxygens (including phenoxy) is 1. The van der Waals surface area contributed by atoms with E-state index in [1.54, 1.807) is 11.3 Å². The molecule has 0 aliphatic carbocycles. The standard InChI is InChI=1S/C28H29NOS/c1-16-9-11-24-21(12-16)26-27(31-24)30-23-13-17(2)8-10-22(23)29(26)25-18(3)14-20(15-19(25)4)28(5,6)7/h8-15H,1-7H3. The third kappa shape index (κ3) is 3.23. The number of nitrogens with zero attached hydrogens (tertiary/aromatic N) is 1. The maximum absolute atomic E-state index is 6.47. The van der Waals surface area contributed by atoms with E-state index >= 15 is 0 Å². The number of thiophene rings is 1. The van der Waals surface area contributed by atoms with Crippen molar-refractivity contribution in [2.45, 2.75) is 53.9 Å². The topological polar surface area (TPSA) is 12.5 Å². The maximum atomic E-state index is 6.47. The van der Waals surface area contributed by atoms with Gasteiger partial charge in [0, 0.05) is 10.1 Å². The van der Waals surface area contributed by atoms with Crippen molar-refractivity contribution in [1.82, 2.24) is 0 Å². The monoisotopic (exact) mass is 427 g/mol. The maximum Gasteiger partial charge on any atom is 0.206 e. The van der Waals surface area contributed by atoms with Gasteiger partial charge < -0.3 is 9.64 Å². The summed E-state index contributed by atoms with van der Waals surface area (Å²) in [5.74, 6) is 0.925. The minimum atomic E-state index is 0.116. The Morgan fingerprint density at radius 2 is 1.42 bits per heavy atom. The normalized spacial score (nSPS) is 13.2. The Bertz CT molecular complexity index is 1320. The highest BCUT2D eigenvalue weighted by molar-refractivity contribution is 7.21. The van der Waals surface area contributed by atoms with Crippen LogP contribution in [0.25, 0.3) is 10.1 Å². The molecule has 1 aliphatic rings. The average molecular weight is 428 g/mol. The molecule has 0 spiro atoms. The summed E-state index contributed by atoms with van der Waals surface area (Å²) in [6.07, 6.45) is 0. The summed E-state index contributed by atoms with van der Waals surface area (Å²) < 4.78 is 7.73. The molecule has 0 saturated heterocycles. The zero-order valence-corrected chi connectivity index (χ0v) is 20.2. The fraction of sp³-hybridized carbons (Fsp3) is 0.286. The molecule has 0 fully saturated rings. The lowest BCUT2D eigenvalue weighted by Crippen LogP contribution is -2.19. The van der Waals surface area contributed by atoms with Crippen LogP contribution in [0.5, 0.6) is 10.8 Å². The minimum absolute atomic E-state index is 0.116. The molecule has 3 aromatic carbocycles. The predicted octanol–water partition coefficient (Wildman–Crippen LogP) is 9.01. The van der Waals surface area contributed by atoms with Gasteiger partial charge in [-0.1, -0.05) is 61.9 Å². The van der Waals surface area contributed by atoms with Crippen LogP contribution in [0.3, 0.4) is 0 Å². The molecule has 0 atom stereocenters. The Labute approximate surface area is 189 Å². The van der Waals surface area contributed by atoms with Gasteiger partial charge in [-0.3, -0.25) is 0 Å². The van der Waals surface area contributed by atoms with Crippen molar-refractivity contribution < 1.29 is 4.74 Å². The van der Waals surface area contributed by atoms with E-state index in [2.05, 4.69) is 102 Å². The summed E-state index contributed by atoms with van der Waals surface area (Å²) in [5, 5.41) is 2.22. The summed E-state index contributed by atoms with van der Waals surface area (Å²) in [5.41, 5.74) is 10.1. The van der Waals surface area contributed by atoms with Crippen LogP contribution in [-0.2, 0) is 5.41 Å². The van der Waals surface area contributed by atoms with Crippen molar-refractivity contribution in [3.05, 3.63) is 76.3 Å². The smallest absolute Gasteiger partial charge is 0.206 e. The van der Waals surface area contributed by atoms with E-state index < -0.39 is 0 Å². The van der Waals surface area contributed by atoms with Crippen LogP contribution >= 0.6 is 11.3 Å². The third-order valence-electron chi connectivity index (χ3n) is 6.15. The second-order valence-corrected chi connectivity index (χ2v) is 10.9. The van der Waals surface area contributed by atoms with Crippen LogP contribution < -0.4 is 9.64 Å². The van der Waals surface area contributed by atoms with Crippen LogP contribution in [0.15, 0.2) is 48.5 Å². The highest BCUT2D eigenvalue weighted by Crippen LogP contribution is 2.58. The molecule has 0 saturated carbocycles. The van der Waals surface area contributed by atoms with E-state index in [1.165, 1.54) is 43.6 Å². The Morgan fingerprint density at radius 1 is 0.774 bits per heavy atom. The average Bonchev–Trinajstić information content (AvgIpc) is 3.03. The molecule has 2 nitrogen and oxygen atoms in total. The molecule has 1 aromatic heterocycles. The Kier molecular flexibility index (Phi) is 4.46. The lowest BCUT2D eigenvalue weighted by Gasteiger charge is -2.34. The molecule has 2 heterocycles. The van der Waals surface area contributed by atoms with Crippen LogP contribution in [0.1, 0.15) is 48.6 Å². The van der Waals surface area contributed by atoms with Gasteiger partial charge >= 0.3 is 0 Å². The van der Waals surface area contributed by atoms with Crippen molar-refractivity contribution in [1.29, 1.82) is 0 Å². The van der Waals surface area contributed by atoms with Crippen LogP contribution in [-0.4, -0.2) is 0 Å². The number of benzene rings is 3. The van der Waals surface area contributed by atoms with E-state index in [-0.39, 0.29) is 5.41 Å². The number of hydrogen-bond donors (Lipinski definition) is 0. The third-order valence-corrected chi connectivity index (χ3v) is 7.19. The summed E-state index contributed by atoms with van der Waals surface area (Å²) in [6.45, 7) is 15.6. The molecule has 0 N–H and O–H groups in total. The van der Waals surface area contributed by atoms with E-state index in [0.29, 0.717) is 0 Å². The van der Waals surface area contributed by atoms with Crippen molar-refractivity contribution >= 4 is 38.5 Å². The summed E-state index contributed by atoms with van der Waals surface area (Å²) >= 11 is 1.73. The Hall–Kier alpha value is -2.78. The van der Waals surface area contributed by atoms with E-state index in [1.807, 2.05) is 0 Å². The molecule has 0 bridgehead atoms.